The standard InChI is InChI=1S/C13H17NO3/c1-4-13(16)9(2)17-12-7-5-11(6-8-12)14-10(3)15/h5-9H,4H2,1-3H3,(H,14,15). The van der Waals surface area contributed by atoms with Gasteiger partial charge in [0.1, 0.15) is 5.75 Å². The van der Waals surface area contributed by atoms with Crippen LogP contribution in [-0.2, 0) is 9.59 Å². The monoisotopic (exact) mass is 235 g/mol. The maximum atomic E-state index is 11.3. The Kier molecular flexibility index (Phi) is 4.69. The lowest BCUT2D eigenvalue weighted by molar-refractivity contribution is -0.124. The summed E-state index contributed by atoms with van der Waals surface area (Å²) in [4.78, 5) is 22.2. The minimum Gasteiger partial charge on any atom is -0.483 e. The van der Waals surface area contributed by atoms with Gasteiger partial charge in [-0.1, -0.05) is 6.92 Å². The first-order valence-corrected chi connectivity index (χ1v) is 5.60. The molecule has 0 heterocycles. The molecule has 0 saturated heterocycles. The largest absolute Gasteiger partial charge is 0.483 e. The van der Waals surface area contributed by atoms with Crippen LogP contribution in [0.2, 0.25) is 0 Å². The molecule has 0 radical (unpaired) electrons. The lowest BCUT2D eigenvalue weighted by Crippen LogP contribution is -2.22. The van der Waals surface area contributed by atoms with Crippen molar-refractivity contribution < 1.29 is 14.3 Å². The summed E-state index contributed by atoms with van der Waals surface area (Å²) in [6, 6.07) is 6.93. The van der Waals surface area contributed by atoms with Crippen LogP contribution < -0.4 is 10.1 Å². The van der Waals surface area contributed by atoms with Crippen LogP contribution in [0.25, 0.3) is 0 Å². The average molecular weight is 235 g/mol. The van der Waals surface area contributed by atoms with Crippen molar-refractivity contribution >= 4 is 17.4 Å². The molecule has 1 amide bonds. The van der Waals surface area contributed by atoms with Crippen LogP contribution in [0, 0.1) is 0 Å². The van der Waals surface area contributed by atoms with Gasteiger partial charge in [0.15, 0.2) is 11.9 Å². The van der Waals surface area contributed by atoms with Gasteiger partial charge in [-0.05, 0) is 31.2 Å². The highest BCUT2D eigenvalue weighted by Gasteiger charge is 2.11. The van der Waals surface area contributed by atoms with Gasteiger partial charge in [0.25, 0.3) is 0 Å². The Morgan fingerprint density at radius 1 is 1.29 bits per heavy atom. The number of nitrogens with one attached hydrogen (secondary N) is 1. The molecule has 0 aliphatic heterocycles. The van der Waals surface area contributed by atoms with Gasteiger partial charge in [0, 0.05) is 19.0 Å². The Hall–Kier alpha value is -1.84. The highest BCUT2D eigenvalue weighted by Crippen LogP contribution is 2.17. The summed E-state index contributed by atoms with van der Waals surface area (Å²) in [7, 11) is 0. The molecule has 0 aliphatic carbocycles. The second kappa shape index (κ2) is 6.03. The van der Waals surface area contributed by atoms with Gasteiger partial charge in [-0.25, -0.2) is 0 Å². The Morgan fingerprint density at radius 3 is 2.35 bits per heavy atom. The lowest BCUT2D eigenvalue weighted by atomic mass is 10.2. The zero-order valence-electron chi connectivity index (χ0n) is 10.3. The molecule has 17 heavy (non-hydrogen) atoms. The molecule has 1 N–H and O–H groups in total. The van der Waals surface area contributed by atoms with E-state index in [4.69, 9.17) is 4.74 Å². The topological polar surface area (TPSA) is 55.4 Å². The highest BCUT2D eigenvalue weighted by atomic mass is 16.5. The van der Waals surface area contributed by atoms with Gasteiger partial charge in [0.2, 0.25) is 5.91 Å². The summed E-state index contributed by atoms with van der Waals surface area (Å²) in [5, 5.41) is 2.66. The van der Waals surface area contributed by atoms with Crippen molar-refractivity contribution in [2.24, 2.45) is 0 Å². The summed E-state index contributed by atoms with van der Waals surface area (Å²) in [5.41, 5.74) is 0.708. The summed E-state index contributed by atoms with van der Waals surface area (Å²) < 4.78 is 5.46. The predicted molar refractivity (Wildman–Crippen MR) is 66.1 cm³/mol. The smallest absolute Gasteiger partial charge is 0.221 e. The molecular formula is C13H17NO3. The minimum atomic E-state index is -0.438. The van der Waals surface area contributed by atoms with Crippen LogP contribution in [-0.4, -0.2) is 17.8 Å². The van der Waals surface area contributed by atoms with Gasteiger partial charge in [-0.3, -0.25) is 9.59 Å². The summed E-state index contributed by atoms with van der Waals surface area (Å²) in [6.45, 7) is 4.99. The maximum Gasteiger partial charge on any atom is 0.221 e. The highest BCUT2D eigenvalue weighted by molar-refractivity contribution is 5.88. The van der Waals surface area contributed by atoms with Gasteiger partial charge >= 0.3 is 0 Å². The van der Waals surface area contributed by atoms with E-state index in [9.17, 15) is 9.59 Å². The molecule has 0 bridgehead atoms. The number of anilines is 1. The molecule has 1 aromatic rings. The number of hydrogen-bond donors (Lipinski definition) is 1. The van der Waals surface area contributed by atoms with Crippen LogP contribution in [0.15, 0.2) is 24.3 Å². The number of hydrogen-bond acceptors (Lipinski definition) is 3. The van der Waals surface area contributed by atoms with Crippen LogP contribution in [0.5, 0.6) is 5.75 Å². The van der Waals surface area contributed by atoms with E-state index in [1.807, 2.05) is 6.92 Å². The molecule has 4 nitrogen and oxygen atoms in total. The normalized spacial score (nSPS) is 11.7. The molecule has 4 heteroatoms. The second-order valence-corrected chi connectivity index (χ2v) is 3.79. The minimum absolute atomic E-state index is 0.0657. The van der Waals surface area contributed by atoms with Gasteiger partial charge < -0.3 is 10.1 Å². The van der Waals surface area contributed by atoms with E-state index in [2.05, 4.69) is 5.32 Å². The summed E-state index contributed by atoms with van der Waals surface area (Å²) in [5.74, 6) is 0.567. The SMILES string of the molecule is CCC(=O)C(C)Oc1ccc(NC(C)=O)cc1. The number of amides is 1. The first kappa shape index (κ1) is 13.2. The lowest BCUT2D eigenvalue weighted by Gasteiger charge is -2.13. The fourth-order valence-corrected chi connectivity index (χ4v) is 1.38. The van der Waals surface area contributed by atoms with E-state index in [1.165, 1.54) is 6.92 Å². The number of ether oxygens (including phenoxy) is 1. The molecular weight excluding hydrogens is 218 g/mol. The van der Waals surface area contributed by atoms with E-state index < -0.39 is 6.10 Å². The van der Waals surface area contributed by atoms with Crippen molar-refractivity contribution in [3.8, 4) is 5.75 Å². The number of rotatable bonds is 5. The molecule has 0 aliphatic rings. The van der Waals surface area contributed by atoms with Crippen LogP contribution in [0.4, 0.5) is 5.69 Å². The number of ketones is 1. The molecule has 92 valence electrons. The third kappa shape index (κ3) is 4.26. The molecule has 1 atom stereocenters. The third-order valence-corrected chi connectivity index (χ3v) is 2.29. The van der Waals surface area contributed by atoms with Crippen LogP contribution >= 0.6 is 0 Å². The van der Waals surface area contributed by atoms with E-state index in [0.29, 0.717) is 17.9 Å². The molecule has 1 aromatic carbocycles. The van der Waals surface area contributed by atoms with Crippen LogP contribution in [0.3, 0.4) is 0 Å². The number of carbonyl (C=O) groups excluding carboxylic acids is 2. The third-order valence-electron chi connectivity index (χ3n) is 2.29. The van der Waals surface area contributed by atoms with Crippen molar-refractivity contribution in [2.75, 3.05) is 5.32 Å². The van der Waals surface area contributed by atoms with E-state index in [0.717, 1.165) is 0 Å². The fraction of sp³-hybridized carbons (Fsp3) is 0.385. The Bertz CT molecular complexity index is 398. The predicted octanol–water partition coefficient (Wildman–Crippen LogP) is 2.39. The maximum absolute atomic E-state index is 11.3. The van der Waals surface area contributed by atoms with Crippen molar-refractivity contribution in [1.82, 2.24) is 0 Å². The molecule has 1 rings (SSSR count). The number of benzene rings is 1. The van der Waals surface area contributed by atoms with Crippen molar-refractivity contribution in [2.45, 2.75) is 33.3 Å². The molecule has 0 saturated carbocycles. The molecule has 1 unspecified atom stereocenters. The van der Waals surface area contributed by atoms with Gasteiger partial charge in [0.05, 0.1) is 0 Å². The fourth-order valence-electron chi connectivity index (χ4n) is 1.38. The van der Waals surface area contributed by atoms with E-state index >= 15 is 0 Å². The van der Waals surface area contributed by atoms with E-state index in [1.54, 1.807) is 31.2 Å². The molecule has 0 spiro atoms. The Balaban J connectivity index is 2.62. The summed E-state index contributed by atoms with van der Waals surface area (Å²) in [6.07, 6.45) is 0.0251. The second-order valence-electron chi connectivity index (χ2n) is 3.79. The zero-order chi connectivity index (χ0) is 12.8. The van der Waals surface area contributed by atoms with Crippen molar-refractivity contribution in [3.05, 3.63) is 24.3 Å². The van der Waals surface area contributed by atoms with Crippen LogP contribution in [0.1, 0.15) is 27.2 Å². The van der Waals surface area contributed by atoms with Crippen molar-refractivity contribution in [1.29, 1.82) is 0 Å². The van der Waals surface area contributed by atoms with Crippen molar-refractivity contribution in [3.63, 3.8) is 0 Å². The average Bonchev–Trinajstić information content (AvgIpc) is 2.30. The Labute approximate surface area is 101 Å². The van der Waals surface area contributed by atoms with E-state index in [-0.39, 0.29) is 11.7 Å². The number of Topliss-reactive ketones (excluding diaryl/α,β-unsaturated/α-hetero) is 1. The Morgan fingerprint density at radius 2 is 1.88 bits per heavy atom. The molecule has 0 aromatic heterocycles. The zero-order valence-corrected chi connectivity index (χ0v) is 10.3. The van der Waals surface area contributed by atoms with Gasteiger partial charge in [-0.2, -0.15) is 0 Å². The first-order valence-electron chi connectivity index (χ1n) is 5.60. The first-order chi connectivity index (χ1) is 8.02. The quantitative estimate of drug-likeness (QED) is 0.852. The number of carbonyl (C=O) groups is 2. The summed E-state index contributed by atoms with van der Waals surface area (Å²) >= 11 is 0. The van der Waals surface area contributed by atoms with Gasteiger partial charge in [-0.15, -0.1) is 0 Å². The molecule has 0 fully saturated rings.